The maximum Gasteiger partial charge on any atom is 0.408 e. The first kappa shape index (κ1) is 38.3. The largest absolute Gasteiger partial charge is 0.458 e. The third kappa shape index (κ3) is 13.6. The summed E-state index contributed by atoms with van der Waals surface area (Å²) in [6, 6.07) is 13.1. The van der Waals surface area contributed by atoms with Crippen molar-refractivity contribution < 1.29 is 28.7 Å². The molecule has 46 heavy (non-hydrogen) atoms. The molecule has 9 nitrogen and oxygen atoms in total. The van der Waals surface area contributed by atoms with Crippen LogP contribution in [0.1, 0.15) is 109 Å². The topological polar surface area (TPSA) is 114 Å². The Labute approximate surface area is 275 Å². The van der Waals surface area contributed by atoms with Crippen molar-refractivity contribution in [1.82, 2.24) is 15.5 Å². The molecule has 2 atom stereocenters. The number of carbonyl (C=O) groups is 4. The van der Waals surface area contributed by atoms with Gasteiger partial charge in [0, 0.05) is 13.0 Å². The zero-order valence-corrected chi connectivity index (χ0v) is 29.3. The third-order valence-corrected chi connectivity index (χ3v) is 7.19. The minimum absolute atomic E-state index is 0.214. The van der Waals surface area contributed by atoms with Gasteiger partial charge in [0.05, 0.1) is 0 Å². The molecule has 0 saturated heterocycles. The molecule has 9 heteroatoms. The number of unbranched alkanes of at least 4 members (excludes halogenated alkanes) is 4. The third-order valence-electron chi connectivity index (χ3n) is 7.19. The molecular weight excluding hydrogens is 582 g/mol. The van der Waals surface area contributed by atoms with Gasteiger partial charge in [-0.1, -0.05) is 86.7 Å². The molecule has 0 aliphatic rings. The molecule has 0 bridgehead atoms. The first-order valence-electron chi connectivity index (χ1n) is 16.4. The van der Waals surface area contributed by atoms with Gasteiger partial charge in [0.2, 0.25) is 11.8 Å². The van der Waals surface area contributed by atoms with Crippen molar-refractivity contribution in [2.45, 2.75) is 124 Å². The molecule has 0 radical (unpaired) electrons. The van der Waals surface area contributed by atoms with Gasteiger partial charge >= 0.3 is 12.1 Å². The van der Waals surface area contributed by atoms with Crippen LogP contribution in [-0.2, 0) is 30.3 Å². The molecule has 0 aliphatic heterocycles. The van der Waals surface area contributed by atoms with Crippen LogP contribution in [0.4, 0.5) is 4.79 Å². The Morgan fingerprint density at radius 1 is 0.826 bits per heavy atom. The molecule has 2 N–H and O–H groups in total. The predicted molar refractivity (Wildman–Crippen MR) is 181 cm³/mol. The summed E-state index contributed by atoms with van der Waals surface area (Å²) in [7, 11) is 0. The molecule has 2 aromatic carbocycles. The van der Waals surface area contributed by atoms with E-state index >= 15 is 0 Å². The fourth-order valence-electron chi connectivity index (χ4n) is 5.02. The number of rotatable bonds is 15. The van der Waals surface area contributed by atoms with Gasteiger partial charge in [0.25, 0.3) is 0 Å². The van der Waals surface area contributed by atoms with Gasteiger partial charge in [-0.3, -0.25) is 9.59 Å². The van der Waals surface area contributed by atoms with E-state index < -0.39 is 47.2 Å². The first-order valence-corrected chi connectivity index (χ1v) is 16.4. The average Bonchev–Trinajstić information content (AvgIpc) is 2.95. The second-order valence-electron chi connectivity index (χ2n) is 13.9. The highest BCUT2D eigenvalue weighted by atomic mass is 16.6. The molecule has 2 rings (SSSR count). The standard InChI is InChI=1S/C37H55N3O6/c1-10-11-12-13-17-22-40(31(41)25-38-35(44)46-37(7,8)9)32(29-23-26(2)20-21-27(29)3)33(42)39-30(34(43)45-36(4,5)6)24-28-18-15-14-16-19-28/h14-16,18-21,23,30,32H,10-13,17,22,24-25H2,1-9H3,(H,38,44)(H,39,42). The lowest BCUT2D eigenvalue weighted by Gasteiger charge is -2.34. The number of benzene rings is 2. The molecule has 254 valence electrons. The van der Waals surface area contributed by atoms with Gasteiger partial charge in [0.15, 0.2) is 0 Å². The van der Waals surface area contributed by atoms with E-state index in [0.29, 0.717) is 18.5 Å². The minimum Gasteiger partial charge on any atom is -0.458 e. The van der Waals surface area contributed by atoms with Crippen molar-refractivity contribution in [1.29, 1.82) is 0 Å². The van der Waals surface area contributed by atoms with E-state index in [-0.39, 0.29) is 13.0 Å². The number of amides is 3. The molecule has 0 saturated carbocycles. The Bertz CT molecular complexity index is 1300. The highest BCUT2D eigenvalue weighted by Gasteiger charge is 2.36. The lowest BCUT2D eigenvalue weighted by Crippen LogP contribution is -2.52. The number of esters is 1. The normalized spacial score (nSPS) is 12.9. The van der Waals surface area contributed by atoms with Gasteiger partial charge in [0.1, 0.15) is 29.8 Å². The number of ether oxygens (including phenoxy) is 2. The maximum atomic E-state index is 14.5. The molecule has 0 spiro atoms. The summed E-state index contributed by atoms with van der Waals surface area (Å²) in [5.41, 5.74) is 1.76. The van der Waals surface area contributed by atoms with Crippen LogP contribution in [0.3, 0.4) is 0 Å². The minimum atomic E-state index is -1.06. The van der Waals surface area contributed by atoms with Gasteiger partial charge in [-0.05, 0) is 78.5 Å². The van der Waals surface area contributed by atoms with Crippen molar-refractivity contribution >= 4 is 23.9 Å². The van der Waals surface area contributed by atoms with Crippen molar-refractivity contribution in [2.75, 3.05) is 13.1 Å². The smallest absolute Gasteiger partial charge is 0.408 e. The Morgan fingerprint density at radius 2 is 1.46 bits per heavy atom. The van der Waals surface area contributed by atoms with Crippen LogP contribution in [-0.4, -0.2) is 59.1 Å². The molecule has 2 aromatic rings. The number of hydrogen-bond donors (Lipinski definition) is 2. The maximum absolute atomic E-state index is 14.5. The average molecular weight is 638 g/mol. The van der Waals surface area contributed by atoms with Gasteiger partial charge in [-0.15, -0.1) is 0 Å². The molecule has 2 unspecified atom stereocenters. The Morgan fingerprint density at radius 3 is 2.07 bits per heavy atom. The van der Waals surface area contributed by atoms with Crippen LogP contribution in [0, 0.1) is 13.8 Å². The zero-order chi connectivity index (χ0) is 34.5. The van der Waals surface area contributed by atoms with E-state index in [0.717, 1.165) is 42.4 Å². The Hall–Kier alpha value is -3.88. The molecule has 0 aromatic heterocycles. The number of aryl methyl sites for hydroxylation is 2. The van der Waals surface area contributed by atoms with Crippen LogP contribution in [0.15, 0.2) is 48.5 Å². The number of nitrogens with zero attached hydrogens (tertiary/aromatic N) is 1. The number of carbonyl (C=O) groups excluding carboxylic acids is 4. The van der Waals surface area contributed by atoms with E-state index in [2.05, 4.69) is 17.6 Å². The van der Waals surface area contributed by atoms with Crippen molar-refractivity contribution in [3.05, 3.63) is 70.8 Å². The Balaban J connectivity index is 2.53. The van der Waals surface area contributed by atoms with Gasteiger partial charge in [-0.2, -0.15) is 0 Å². The first-order chi connectivity index (χ1) is 21.5. The van der Waals surface area contributed by atoms with Crippen molar-refractivity contribution in [3.8, 4) is 0 Å². The van der Waals surface area contributed by atoms with Crippen LogP contribution in [0.25, 0.3) is 0 Å². The number of alkyl carbamates (subject to hydrolysis) is 1. The summed E-state index contributed by atoms with van der Waals surface area (Å²) in [5, 5.41) is 5.52. The number of hydrogen-bond acceptors (Lipinski definition) is 6. The highest BCUT2D eigenvalue weighted by Crippen LogP contribution is 2.27. The van der Waals surface area contributed by atoms with E-state index in [1.165, 1.54) is 4.90 Å². The highest BCUT2D eigenvalue weighted by molar-refractivity contribution is 5.93. The monoisotopic (exact) mass is 637 g/mol. The van der Waals surface area contributed by atoms with Gasteiger partial charge < -0.3 is 25.0 Å². The molecule has 0 fully saturated rings. The second-order valence-corrected chi connectivity index (χ2v) is 13.9. The second kappa shape index (κ2) is 17.7. The Kier molecular flexibility index (Phi) is 14.8. The van der Waals surface area contributed by atoms with E-state index in [4.69, 9.17) is 9.47 Å². The summed E-state index contributed by atoms with van der Waals surface area (Å²) in [5.74, 6) is -1.49. The van der Waals surface area contributed by atoms with Crippen LogP contribution < -0.4 is 10.6 Å². The quantitative estimate of drug-likeness (QED) is 0.165. The van der Waals surface area contributed by atoms with Crippen molar-refractivity contribution in [3.63, 3.8) is 0 Å². The predicted octanol–water partition coefficient (Wildman–Crippen LogP) is 6.74. The van der Waals surface area contributed by atoms with Gasteiger partial charge in [-0.25, -0.2) is 9.59 Å². The molecular formula is C37H55N3O6. The molecule has 0 heterocycles. The van der Waals surface area contributed by atoms with E-state index in [1.807, 2.05) is 62.4 Å². The number of nitrogens with one attached hydrogen (secondary N) is 2. The summed E-state index contributed by atoms with van der Waals surface area (Å²) in [6.07, 6.45) is 4.21. The summed E-state index contributed by atoms with van der Waals surface area (Å²) in [6.45, 7) is 16.5. The summed E-state index contributed by atoms with van der Waals surface area (Å²) < 4.78 is 11.1. The fraction of sp³-hybridized carbons (Fsp3) is 0.568. The lowest BCUT2D eigenvalue weighted by molar-refractivity contribution is -0.159. The van der Waals surface area contributed by atoms with E-state index in [1.54, 1.807) is 41.5 Å². The zero-order valence-electron chi connectivity index (χ0n) is 29.3. The summed E-state index contributed by atoms with van der Waals surface area (Å²) in [4.78, 5) is 55.8. The lowest BCUT2D eigenvalue weighted by atomic mass is 9.95. The van der Waals surface area contributed by atoms with Crippen LogP contribution >= 0.6 is 0 Å². The molecule has 0 aliphatic carbocycles. The van der Waals surface area contributed by atoms with Crippen molar-refractivity contribution in [2.24, 2.45) is 0 Å². The van der Waals surface area contributed by atoms with Crippen LogP contribution in [0.5, 0.6) is 0 Å². The summed E-state index contributed by atoms with van der Waals surface area (Å²) >= 11 is 0. The van der Waals surface area contributed by atoms with E-state index in [9.17, 15) is 19.2 Å². The SMILES string of the molecule is CCCCCCCN(C(=O)CNC(=O)OC(C)(C)C)C(C(=O)NC(Cc1ccccc1)C(=O)OC(C)(C)C)c1cc(C)ccc1C. The van der Waals surface area contributed by atoms with Crippen LogP contribution in [0.2, 0.25) is 0 Å². The fourth-order valence-corrected chi connectivity index (χ4v) is 5.02. The molecule has 3 amide bonds.